The van der Waals surface area contributed by atoms with Crippen LogP contribution >= 0.6 is 0 Å². The number of imidazole rings is 1. The first-order valence-corrected chi connectivity index (χ1v) is 7.17. The molecule has 0 amide bonds. The molecule has 20 heavy (non-hydrogen) atoms. The number of para-hydroxylation sites is 1. The molecule has 106 valence electrons. The maximum Gasteiger partial charge on any atom is 0.124 e. The Morgan fingerprint density at radius 3 is 3.05 bits per heavy atom. The highest BCUT2D eigenvalue weighted by molar-refractivity contribution is 5.37. The molecule has 1 aromatic carbocycles. The van der Waals surface area contributed by atoms with Gasteiger partial charge in [0.25, 0.3) is 0 Å². The van der Waals surface area contributed by atoms with Crippen molar-refractivity contribution >= 4 is 0 Å². The zero-order valence-electron chi connectivity index (χ0n) is 12.0. The van der Waals surface area contributed by atoms with Crippen LogP contribution in [0.5, 0.6) is 5.75 Å². The summed E-state index contributed by atoms with van der Waals surface area (Å²) >= 11 is 0. The van der Waals surface area contributed by atoms with Gasteiger partial charge in [-0.15, -0.1) is 0 Å². The molecule has 4 nitrogen and oxygen atoms in total. The predicted octanol–water partition coefficient (Wildman–Crippen LogP) is 2.32. The molecule has 1 aliphatic heterocycles. The molecule has 2 atom stereocenters. The lowest BCUT2D eigenvalue weighted by Gasteiger charge is -2.32. The fraction of sp³-hybridized carbons (Fsp3) is 0.438. The molecule has 0 spiro atoms. The summed E-state index contributed by atoms with van der Waals surface area (Å²) in [5.41, 5.74) is 1.27. The van der Waals surface area contributed by atoms with E-state index in [0.29, 0.717) is 12.0 Å². The van der Waals surface area contributed by atoms with Crippen molar-refractivity contribution in [1.29, 1.82) is 0 Å². The Hall–Kier alpha value is -1.81. The predicted molar refractivity (Wildman–Crippen MR) is 78.8 cm³/mol. The lowest BCUT2D eigenvalue weighted by Crippen LogP contribution is -2.35. The van der Waals surface area contributed by atoms with Gasteiger partial charge in [0.05, 0.1) is 6.61 Å². The van der Waals surface area contributed by atoms with E-state index in [1.165, 1.54) is 5.56 Å². The van der Waals surface area contributed by atoms with Gasteiger partial charge in [0.2, 0.25) is 0 Å². The summed E-state index contributed by atoms with van der Waals surface area (Å²) in [5, 5.41) is 3.66. The Labute approximate surface area is 119 Å². The molecule has 2 unspecified atom stereocenters. The van der Waals surface area contributed by atoms with Gasteiger partial charge >= 0.3 is 0 Å². The van der Waals surface area contributed by atoms with Gasteiger partial charge < -0.3 is 14.6 Å². The first-order valence-electron chi connectivity index (χ1n) is 7.17. The molecule has 1 aromatic heterocycles. The van der Waals surface area contributed by atoms with Gasteiger partial charge in [-0.05, 0) is 6.07 Å². The molecule has 0 fully saturated rings. The second-order valence-corrected chi connectivity index (χ2v) is 5.46. The molecule has 4 heteroatoms. The Kier molecular flexibility index (Phi) is 3.74. The fourth-order valence-electron chi connectivity index (χ4n) is 2.78. The van der Waals surface area contributed by atoms with E-state index in [0.717, 1.165) is 31.1 Å². The Balaban J connectivity index is 1.66. The summed E-state index contributed by atoms with van der Waals surface area (Å²) in [4.78, 5) is 4.36. The third-order valence-corrected chi connectivity index (χ3v) is 3.96. The monoisotopic (exact) mass is 271 g/mol. The largest absolute Gasteiger partial charge is 0.493 e. The van der Waals surface area contributed by atoms with Crippen molar-refractivity contribution < 1.29 is 4.74 Å². The normalized spacial score (nSPS) is 21.3. The number of hydrogen-bond acceptors (Lipinski definition) is 3. The summed E-state index contributed by atoms with van der Waals surface area (Å²) in [6.45, 7) is 3.93. The van der Waals surface area contributed by atoms with Crippen molar-refractivity contribution in [3.05, 3.63) is 48.0 Å². The third-order valence-electron chi connectivity index (χ3n) is 3.96. The number of nitrogens with one attached hydrogen (secondary N) is 1. The van der Waals surface area contributed by atoms with Crippen molar-refractivity contribution in [2.45, 2.75) is 19.4 Å². The molecular weight excluding hydrogens is 250 g/mol. The van der Waals surface area contributed by atoms with Crippen LogP contribution in [0.15, 0.2) is 36.7 Å². The van der Waals surface area contributed by atoms with Crippen molar-refractivity contribution in [1.82, 2.24) is 14.9 Å². The van der Waals surface area contributed by atoms with Crippen LogP contribution in [-0.4, -0.2) is 22.7 Å². The van der Waals surface area contributed by atoms with E-state index in [9.17, 15) is 0 Å². The number of benzene rings is 1. The van der Waals surface area contributed by atoms with Crippen LogP contribution in [0.4, 0.5) is 0 Å². The fourth-order valence-corrected chi connectivity index (χ4v) is 2.78. The highest BCUT2D eigenvalue weighted by Gasteiger charge is 2.26. The average molecular weight is 271 g/mol. The minimum Gasteiger partial charge on any atom is -0.493 e. The van der Waals surface area contributed by atoms with Gasteiger partial charge in [0.1, 0.15) is 11.6 Å². The zero-order valence-corrected chi connectivity index (χ0v) is 12.0. The highest BCUT2D eigenvalue weighted by atomic mass is 16.5. The topological polar surface area (TPSA) is 39.1 Å². The summed E-state index contributed by atoms with van der Waals surface area (Å²) in [6, 6.07) is 8.67. The zero-order chi connectivity index (χ0) is 13.9. The maximum atomic E-state index is 5.78. The van der Waals surface area contributed by atoms with E-state index in [2.05, 4.69) is 40.0 Å². The van der Waals surface area contributed by atoms with Crippen LogP contribution in [0.25, 0.3) is 0 Å². The summed E-state index contributed by atoms with van der Waals surface area (Å²) < 4.78 is 7.85. The van der Waals surface area contributed by atoms with Crippen LogP contribution in [0.3, 0.4) is 0 Å². The van der Waals surface area contributed by atoms with E-state index >= 15 is 0 Å². The van der Waals surface area contributed by atoms with Crippen LogP contribution in [-0.2, 0) is 13.5 Å². The second-order valence-electron chi connectivity index (χ2n) is 5.46. The molecule has 0 radical (unpaired) electrons. The number of hydrogen-bond donors (Lipinski definition) is 1. The molecule has 1 N–H and O–H groups in total. The van der Waals surface area contributed by atoms with Gasteiger partial charge in [0, 0.05) is 49.9 Å². The number of rotatable bonds is 4. The van der Waals surface area contributed by atoms with Crippen LogP contribution in [0.2, 0.25) is 0 Å². The SMILES string of the molecule is CC1COc2ccccc2C1NCCc1nccn1C. The van der Waals surface area contributed by atoms with E-state index < -0.39 is 0 Å². The third kappa shape index (κ3) is 2.56. The summed E-state index contributed by atoms with van der Waals surface area (Å²) in [5.74, 6) is 2.61. The van der Waals surface area contributed by atoms with E-state index in [1.807, 2.05) is 25.5 Å². The summed E-state index contributed by atoms with van der Waals surface area (Å²) in [7, 11) is 2.04. The number of aryl methyl sites for hydroxylation is 1. The van der Waals surface area contributed by atoms with Crippen molar-refractivity contribution in [3.63, 3.8) is 0 Å². The van der Waals surface area contributed by atoms with Crippen LogP contribution < -0.4 is 10.1 Å². The second kappa shape index (κ2) is 5.67. The van der Waals surface area contributed by atoms with Gasteiger partial charge in [0.15, 0.2) is 0 Å². The van der Waals surface area contributed by atoms with Gasteiger partial charge in [-0.1, -0.05) is 25.1 Å². The molecule has 0 saturated carbocycles. The summed E-state index contributed by atoms with van der Waals surface area (Å²) in [6.07, 6.45) is 4.78. The Morgan fingerprint density at radius 1 is 1.40 bits per heavy atom. The number of fused-ring (bicyclic) bond motifs is 1. The number of aromatic nitrogens is 2. The first kappa shape index (κ1) is 13.2. The van der Waals surface area contributed by atoms with Crippen LogP contribution in [0, 0.1) is 5.92 Å². The van der Waals surface area contributed by atoms with Crippen molar-refractivity contribution in [2.75, 3.05) is 13.2 Å². The molecular formula is C16H21N3O. The minimum absolute atomic E-state index is 0.361. The molecule has 1 aliphatic rings. The average Bonchev–Trinajstić information content (AvgIpc) is 2.87. The molecule has 2 aromatic rings. The standard InChI is InChI=1S/C16H21N3O/c1-12-11-20-14-6-4-3-5-13(14)16(12)18-8-7-15-17-9-10-19(15)2/h3-6,9-10,12,16,18H,7-8,11H2,1-2H3. The smallest absolute Gasteiger partial charge is 0.124 e. The van der Waals surface area contributed by atoms with E-state index in [4.69, 9.17) is 4.74 Å². The maximum absolute atomic E-state index is 5.78. The molecule has 0 bridgehead atoms. The van der Waals surface area contributed by atoms with E-state index in [1.54, 1.807) is 0 Å². The Bertz CT molecular complexity index is 579. The highest BCUT2D eigenvalue weighted by Crippen LogP contribution is 2.34. The first-order chi connectivity index (χ1) is 9.75. The molecule has 3 rings (SSSR count). The van der Waals surface area contributed by atoms with Gasteiger partial charge in [-0.25, -0.2) is 4.98 Å². The number of ether oxygens (including phenoxy) is 1. The molecule has 0 saturated heterocycles. The lowest BCUT2D eigenvalue weighted by atomic mass is 9.92. The number of nitrogens with zero attached hydrogens (tertiary/aromatic N) is 2. The quantitative estimate of drug-likeness (QED) is 0.927. The molecule has 0 aliphatic carbocycles. The van der Waals surface area contributed by atoms with Gasteiger partial charge in [-0.2, -0.15) is 0 Å². The molecule has 2 heterocycles. The van der Waals surface area contributed by atoms with E-state index in [-0.39, 0.29) is 0 Å². The minimum atomic E-state index is 0.361. The van der Waals surface area contributed by atoms with Crippen molar-refractivity contribution in [2.24, 2.45) is 13.0 Å². The Morgan fingerprint density at radius 2 is 2.25 bits per heavy atom. The van der Waals surface area contributed by atoms with Gasteiger partial charge in [-0.3, -0.25) is 0 Å². The van der Waals surface area contributed by atoms with Crippen LogP contribution in [0.1, 0.15) is 24.4 Å². The van der Waals surface area contributed by atoms with Crippen molar-refractivity contribution in [3.8, 4) is 5.75 Å². The lowest BCUT2D eigenvalue weighted by molar-refractivity contribution is 0.189.